The second kappa shape index (κ2) is 15.5. The van der Waals surface area contributed by atoms with Crippen LogP contribution in [0.5, 0.6) is 23.0 Å². The summed E-state index contributed by atoms with van der Waals surface area (Å²) in [5, 5.41) is 14.8. The molecule has 2 unspecified atom stereocenters. The summed E-state index contributed by atoms with van der Waals surface area (Å²) in [5.74, 6) is -1.17. The fraction of sp³-hybridized carbons (Fsp3) is 0.344. The molecule has 11 heteroatoms. The van der Waals surface area contributed by atoms with Gasteiger partial charge in [0.2, 0.25) is 0 Å². The van der Waals surface area contributed by atoms with E-state index in [2.05, 4.69) is 4.90 Å². The molecule has 11 nitrogen and oxygen atoms in total. The summed E-state index contributed by atoms with van der Waals surface area (Å²) in [6, 6.07) is 19.2. The van der Waals surface area contributed by atoms with E-state index in [-0.39, 0.29) is 18.6 Å². The Labute approximate surface area is 250 Å². The molecule has 0 radical (unpaired) electrons. The van der Waals surface area contributed by atoms with Crippen LogP contribution in [-0.4, -0.2) is 74.0 Å². The second-order valence-corrected chi connectivity index (χ2v) is 9.68. The minimum absolute atomic E-state index is 0.0825. The van der Waals surface area contributed by atoms with Crippen LogP contribution in [0.1, 0.15) is 35.2 Å². The van der Waals surface area contributed by atoms with E-state index in [1.807, 2.05) is 67.6 Å². The predicted octanol–water partition coefficient (Wildman–Crippen LogP) is 4.15. The fourth-order valence-electron chi connectivity index (χ4n) is 4.95. The zero-order valence-corrected chi connectivity index (χ0v) is 24.9. The number of fused-ring (bicyclic) bond motifs is 1. The van der Waals surface area contributed by atoms with Crippen LogP contribution < -0.4 is 18.9 Å². The number of carbonyl (C=O) groups excluding carboxylic acids is 1. The number of hydrogen-bond donors (Lipinski definition) is 2. The van der Waals surface area contributed by atoms with Gasteiger partial charge in [-0.15, -0.1) is 0 Å². The van der Waals surface area contributed by atoms with Gasteiger partial charge in [-0.05, 0) is 66.3 Å². The lowest BCUT2D eigenvalue weighted by Gasteiger charge is -2.40. The number of aliphatic carboxylic acids is 2. The van der Waals surface area contributed by atoms with Gasteiger partial charge in [0.05, 0.1) is 28.4 Å². The number of rotatable bonds is 10. The fourth-order valence-corrected chi connectivity index (χ4v) is 4.95. The first-order chi connectivity index (χ1) is 20.6. The minimum atomic E-state index is -1.82. The lowest BCUT2D eigenvalue weighted by Crippen LogP contribution is -2.46. The zero-order valence-electron chi connectivity index (χ0n) is 24.9. The molecule has 0 spiro atoms. The van der Waals surface area contributed by atoms with Gasteiger partial charge in [0, 0.05) is 12.6 Å². The average molecular weight is 596 g/mol. The molecule has 0 saturated carbocycles. The van der Waals surface area contributed by atoms with E-state index in [4.69, 9.17) is 43.5 Å². The molecule has 0 fully saturated rings. The van der Waals surface area contributed by atoms with Gasteiger partial charge in [-0.25, -0.2) is 9.59 Å². The van der Waals surface area contributed by atoms with Crippen LogP contribution in [0.3, 0.4) is 0 Å². The number of hydrogen-bond acceptors (Lipinski definition) is 9. The first kappa shape index (κ1) is 32.7. The van der Waals surface area contributed by atoms with Crippen LogP contribution in [0.15, 0.2) is 60.7 Å². The SMILES string of the molecule is COc1ccc(CC2c3cc(OC)c(OC)cc3CCN2C(C)C(=O)OCc2ccccc2)cc1OC.O=C(O)C(=O)O. The molecule has 0 bridgehead atoms. The molecule has 3 aromatic carbocycles. The highest BCUT2D eigenvalue weighted by Gasteiger charge is 2.35. The summed E-state index contributed by atoms with van der Waals surface area (Å²) in [6.07, 6.45) is 1.45. The van der Waals surface area contributed by atoms with Crippen LogP contribution in [0.2, 0.25) is 0 Å². The largest absolute Gasteiger partial charge is 0.493 e. The van der Waals surface area contributed by atoms with Gasteiger partial charge in [-0.3, -0.25) is 9.69 Å². The number of carboxylic acids is 2. The summed E-state index contributed by atoms with van der Waals surface area (Å²) in [5.41, 5.74) is 4.33. The highest BCUT2D eigenvalue weighted by Crippen LogP contribution is 2.41. The number of carboxylic acid groups (broad SMARTS) is 2. The molecular formula is C32H37NO10. The van der Waals surface area contributed by atoms with Gasteiger partial charge < -0.3 is 33.9 Å². The van der Waals surface area contributed by atoms with E-state index in [1.54, 1.807) is 28.4 Å². The lowest BCUT2D eigenvalue weighted by atomic mass is 9.87. The molecule has 0 amide bonds. The predicted molar refractivity (Wildman–Crippen MR) is 157 cm³/mol. The van der Waals surface area contributed by atoms with Gasteiger partial charge >= 0.3 is 17.9 Å². The molecule has 3 aromatic rings. The van der Waals surface area contributed by atoms with Crippen LogP contribution in [0.4, 0.5) is 0 Å². The van der Waals surface area contributed by atoms with E-state index in [9.17, 15) is 4.79 Å². The Morgan fingerprint density at radius 1 is 0.791 bits per heavy atom. The van der Waals surface area contributed by atoms with Crippen molar-refractivity contribution in [1.82, 2.24) is 4.90 Å². The minimum Gasteiger partial charge on any atom is -0.493 e. The van der Waals surface area contributed by atoms with Crippen LogP contribution in [0.25, 0.3) is 0 Å². The number of methoxy groups -OCH3 is 4. The number of esters is 1. The van der Waals surface area contributed by atoms with Crippen molar-refractivity contribution in [2.24, 2.45) is 0 Å². The Hall–Kier alpha value is -4.77. The third-order valence-corrected chi connectivity index (χ3v) is 7.17. The Morgan fingerprint density at radius 3 is 1.95 bits per heavy atom. The molecule has 2 N–H and O–H groups in total. The van der Waals surface area contributed by atoms with Crippen molar-refractivity contribution in [2.45, 2.75) is 38.5 Å². The number of carbonyl (C=O) groups is 3. The molecule has 0 saturated heterocycles. The topological polar surface area (TPSA) is 141 Å². The average Bonchev–Trinajstić information content (AvgIpc) is 3.03. The van der Waals surface area contributed by atoms with E-state index < -0.39 is 18.0 Å². The molecule has 1 heterocycles. The molecule has 4 rings (SSSR count). The Kier molecular flexibility index (Phi) is 11.8. The van der Waals surface area contributed by atoms with Crippen molar-refractivity contribution < 1.29 is 48.3 Å². The van der Waals surface area contributed by atoms with Gasteiger partial charge in [-0.1, -0.05) is 36.4 Å². The molecule has 1 aliphatic rings. The summed E-state index contributed by atoms with van der Waals surface area (Å²) < 4.78 is 27.9. The quantitative estimate of drug-likeness (QED) is 0.258. The van der Waals surface area contributed by atoms with Crippen molar-refractivity contribution in [3.05, 3.63) is 82.9 Å². The molecule has 230 valence electrons. The van der Waals surface area contributed by atoms with Gasteiger partial charge in [-0.2, -0.15) is 0 Å². The first-order valence-electron chi connectivity index (χ1n) is 13.5. The standard InChI is InChI=1S/C30H35NO6.C2H2O4/c1-20(30(32)37-19-21-9-7-6-8-10-21)31-14-13-23-17-28(35-4)29(36-5)18-24(23)25(31)15-22-11-12-26(33-2)27(16-22)34-3;3-1(4)2(5)6/h6-12,16-18,20,25H,13-15,19H2,1-5H3;(H,3,4)(H,5,6). The normalized spacial score (nSPS) is 14.7. The molecule has 1 aliphatic heterocycles. The van der Waals surface area contributed by atoms with E-state index in [0.29, 0.717) is 36.0 Å². The van der Waals surface area contributed by atoms with Crippen molar-refractivity contribution in [1.29, 1.82) is 0 Å². The van der Waals surface area contributed by atoms with E-state index >= 15 is 0 Å². The maximum absolute atomic E-state index is 13.2. The van der Waals surface area contributed by atoms with E-state index in [1.165, 1.54) is 5.56 Å². The van der Waals surface area contributed by atoms with Crippen molar-refractivity contribution in [3.63, 3.8) is 0 Å². The van der Waals surface area contributed by atoms with Crippen molar-refractivity contribution in [3.8, 4) is 23.0 Å². The number of ether oxygens (including phenoxy) is 5. The summed E-state index contributed by atoms with van der Waals surface area (Å²) in [4.78, 5) is 33.6. The Morgan fingerprint density at radius 2 is 1.37 bits per heavy atom. The number of nitrogens with zero attached hydrogens (tertiary/aromatic N) is 1. The molecule has 2 atom stereocenters. The van der Waals surface area contributed by atoms with Gasteiger partial charge in [0.15, 0.2) is 23.0 Å². The lowest BCUT2D eigenvalue weighted by molar-refractivity contribution is -0.159. The Bertz CT molecular complexity index is 1400. The monoisotopic (exact) mass is 595 g/mol. The highest BCUT2D eigenvalue weighted by atomic mass is 16.5. The molecule has 0 aliphatic carbocycles. The molecule has 43 heavy (non-hydrogen) atoms. The van der Waals surface area contributed by atoms with Crippen molar-refractivity contribution >= 4 is 17.9 Å². The van der Waals surface area contributed by atoms with Gasteiger partial charge in [0.1, 0.15) is 12.6 Å². The highest BCUT2D eigenvalue weighted by molar-refractivity contribution is 6.27. The maximum Gasteiger partial charge on any atom is 0.414 e. The third kappa shape index (κ3) is 8.39. The first-order valence-corrected chi connectivity index (χ1v) is 13.5. The Balaban J connectivity index is 0.000000765. The smallest absolute Gasteiger partial charge is 0.414 e. The van der Waals surface area contributed by atoms with Crippen LogP contribution >= 0.6 is 0 Å². The summed E-state index contributed by atoms with van der Waals surface area (Å²) >= 11 is 0. The van der Waals surface area contributed by atoms with Gasteiger partial charge in [0.25, 0.3) is 0 Å². The van der Waals surface area contributed by atoms with Crippen molar-refractivity contribution in [2.75, 3.05) is 35.0 Å². The number of benzene rings is 3. The van der Waals surface area contributed by atoms with Crippen LogP contribution in [-0.2, 0) is 38.6 Å². The molecule has 0 aromatic heterocycles. The van der Waals surface area contributed by atoms with Crippen LogP contribution in [0, 0.1) is 0 Å². The summed E-state index contributed by atoms with van der Waals surface area (Å²) in [7, 11) is 6.54. The third-order valence-electron chi connectivity index (χ3n) is 7.17. The zero-order chi connectivity index (χ0) is 31.5. The maximum atomic E-state index is 13.2. The van der Waals surface area contributed by atoms with E-state index in [0.717, 1.165) is 23.1 Å². The molecular weight excluding hydrogens is 558 g/mol. The summed E-state index contributed by atoms with van der Waals surface area (Å²) in [6.45, 7) is 2.88. The second-order valence-electron chi connectivity index (χ2n) is 9.68.